The molecule has 1 aliphatic carbocycles. The van der Waals surface area contributed by atoms with E-state index in [1.165, 1.54) is 37.0 Å². The second-order valence-corrected chi connectivity index (χ2v) is 6.28. The first kappa shape index (κ1) is 14.2. The predicted octanol–water partition coefficient (Wildman–Crippen LogP) is 2.93. The Balaban J connectivity index is 1.62. The van der Waals surface area contributed by atoms with Crippen molar-refractivity contribution in [2.24, 2.45) is 11.8 Å². The molecule has 21 heavy (non-hydrogen) atoms. The van der Waals surface area contributed by atoms with Crippen LogP contribution in [0.2, 0.25) is 0 Å². The summed E-state index contributed by atoms with van der Waals surface area (Å²) in [6, 6.07) is 5.57. The van der Waals surface area contributed by atoms with Gasteiger partial charge < -0.3 is 0 Å². The van der Waals surface area contributed by atoms with Gasteiger partial charge in [-0.3, -0.25) is 19.5 Å². The topological polar surface area (TPSA) is 50.3 Å². The molecule has 1 aromatic rings. The van der Waals surface area contributed by atoms with Crippen LogP contribution >= 0.6 is 0 Å². The number of carbonyl (C=O) groups is 2. The third-order valence-electron chi connectivity index (χ3n) is 4.73. The highest BCUT2D eigenvalue weighted by Crippen LogP contribution is 2.33. The Morgan fingerprint density at radius 1 is 1.14 bits per heavy atom. The highest BCUT2D eigenvalue weighted by atomic mass is 16.2. The zero-order chi connectivity index (χ0) is 14.7. The summed E-state index contributed by atoms with van der Waals surface area (Å²) in [6.07, 6.45) is 9.29. The van der Waals surface area contributed by atoms with E-state index in [1.807, 2.05) is 18.2 Å². The summed E-state index contributed by atoms with van der Waals surface area (Å²) in [5.41, 5.74) is 0.775. The molecule has 112 valence electrons. The fraction of sp³-hybridized carbons (Fsp3) is 0.588. The SMILES string of the molecule is O=C1CC(CC2CCCCC2)C(=O)N1Cc1ccccn1. The van der Waals surface area contributed by atoms with Gasteiger partial charge in [0.2, 0.25) is 11.8 Å². The summed E-state index contributed by atoms with van der Waals surface area (Å²) in [6.45, 7) is 0.319. The summed E-state index contributed by atoms with van der Waals surface area (Å²) in [7, 11) is 0. The molecular weight excluding hydrogens is 264 g/mol. The van der Waals surface area contributed by atoms with E-state index in [0.29, 0.717) is 18.9 Å². The number of rotatable bonds is 4. The number of hydrogen-bond acceptors (Lipinski definition) is 3. The standard InChI is InChI=1S/C17H22N2O2/c20-16-11-14(10-13-6-2-1-3-7-13)17(21)19(16)12-15-8-4-5-9-18-15/h4-5,8-9,13-14H,1-3,6-7,10-12H2. The minimum absolute atomic E-state index is 0.0104. The fourth-order valence-corrected chi connectivity index (χ4v) is 3.58. The molecule has 4 heteroatoms. The van der Waals surface area contributed by atoms with E-state index in [2.05, 4.69) is 4.98 Å². The van der Waals surface area contributed by atoms with Crippen LogP contribution in [0.15, 0.2) is 24.4 Å². The highest BCUT2D eigenvalue weighted by molar-refractivity contribution is 6.03. The summed E-state index contributed by atoms with van der Waals surface area (Å²) < 4.78 is 0. The molecule has 2 fully saturated rings. The lowest BCUT2D eigenvalue weighted by Gasteiger charge is -2.23. The lowest BCUT2D eigenvalue weighted by Crippen LogP contribution is -2.31. The molecule has 1 atom stereocenters. The van der Waals surface area contributed by atoms with Gasteiger partial charge in [0, 0.05) is 18.5 Å². The van der Waals surface area contributed by atoms with Gasteiger partial charge in [-0.2, -0.15) is 0 Å². The number of pyridine rings is 1. The molecule has 2 amide bonds. The Labute approximate surface area is 125 Å². The Morgan fingerprint density at radius 2 is 1.95 bits per heavy atom. The van der Waals surface area contributed by atoms with Gasteiger partial charge in [0.05, 0.1) is 12.2 Å². The van der Waals surface area contributed by atoms with Crippen LogP contribution < -0.4 is 0 Å². The maximum absolute atomic E-state index is 12.5. The zero-order valence-electron chi connectivity index (χ0n) is 12.3. The van der Waals surface area contributed by atoms with E-state index in [-0.39, 0.29) is 17.7 Å². The van der Waals surface area contributed by atoms with Crippen molar-refractivity contribution in [1.82, 2.24) is 9.88 Å². The second kappa shape index (κ2) is 6.37. The van der Waals surface area contributed by atoms with E-state index in [0.717, 1.165) is 12.1 Å². The number of amides is 2. The van der Waals surface area contributed by atoms with Gasteiger partial charge in [0.1, 0.15) is 0 Å². The van der Waals surface area contributed by atoms with Crippen LogP contribution in [0, 0.1) is 11.8 Å². The summed E-state index contributed by atoms with van der Waals surface area (Å²) in [5.74, 6) is 0.516. The fourth-order valence-electron chi connectivity index (χ4n) is 3.58. The van der Waals surface area contributed by atoms with Crippen molar-refractivity contribution in [2.75, 3.05) is 0 Å². The van der Waals surface area contributed by atoms with Crippen molar-refractivity contribution in [1.29, 1.82) is 0 Å². The average Bonchev–Trinajstić information content (AvgIpc) is 2.77. The highest BCUT2D eigenvalue weighted by Gasteiger charge is 2.39. The maximum Gasteiger partial charge on any atom is 0.233 e. The van der Waals surface area contributed by atoms with Crippen LogP contribution in [-0.4, -0.2) is 21.7 Å². The Morgan fingerprint density at radius 3 is 2.67 bits per heavy atom. The van der Waals surface area contributed by atoms with Crippen LogP contribution in [0.3, 0.4) is 0 Å². The quantitative estimate of drug-likeness (QED) is 0.800. The largest absolute Gasteiger partial charge is 0.276 e. The smallest absolute Gasteiger partial charge is 0.233 e. The van der Waals surface area contributed by atoms with Crippen molar-refractivity contribution < 1.29 is 9.59 Å². The van der Waals surface area contributed by atoms with Gasteiger partial charge in [-0.15, -0.1) is 0 Å². The molecule has 2 heterocycles. The molecular formula is C17H22N2O2. The number of aromatic nitrogens is 1. The molecule has 0 spiro atoms. The summed E-state index contributed by atoms with van der Waals surface area (Å²) in [5, 5.41) is 0. The molecule has 0 radical (unpaired) electrons. The van der Waals surface area contributed by atoms with Crippen LogP contribution in [0.25, 0.3) is 0 Å². The third kappa shape index (κ3) is 3.31. The molecule has 2 aliphatic rings. The Hall–Kier alpha value is -1.71. The van der Waals surface area contributed by atoms with E-state index in [1.54, 1.807) is 6.20 Å². The van der Waals surface area contributed by atoms with Gasteiger partial charge in [-0.05, 0) is 24.5 Å². The first-order chi connectivity index (χ1) is 10.2. The molecule has 0 N–H and O–H groups in total. The monoisotopic (exact) mass is 286 g/mol. The van der Waals surface area contributed by atoms with Crippen LogP contribution in [0.4, 0.5) is 0 Å². The van der Waals surface area contributed by atoms with Gasteiger partial charge in [-0.1, -0.05) is 38.2 Å². The first-order valence-corrected chi connectivity index (χ1v) is 7.98. The van der Waals surface area contributed by atoms with Crippen LogP contribution in [0.5, 0.6) is 0 Å². The first-order valence-electron chi connectivity index (χ1n) is 7.98. The van der Waals surface area contributed by atoms with E-state index in [4.69, 9.17) is 0 Å². The molecule has 1 saturated heterocycles. The van der Waals surface area contributed by atoms with E-state index in [9.17, 15) is 9.59 Å². The van der Waals surface area contributed by atoms with Crippen molar-refractivity contribution in [3.8, 4) is 0 Å². The van der Waals surface area contributed by atoms with Crippen molar-refractivity contribution in [2.45, 2.75) is 51.5 Å². The van der Waals surface area contributed by atoms with Crippen molar-refractivity contribution >= 4 is 11.8 Å². The minimum Gasteiger partial charge on any atom is -0.276 e. The molecule has 1 saturated carbocycles. The van der Waals surface area contributed by atoms with Gasteiger partial charge in [0.15, 0.2) is 0 Å². The van der Waals surface area contributed by atoms with Gasteiger partial charge in [0.25, 0.3) is 0 Å². The second-order valence-electron chi connectivity index (χ2n) is 6.28. The number of likely N-dealkylation sites (tertiary alicyclic amines) is 1. The molecule has 4 nitrogen and oxygen atoms in total. The molecule has 0 aromatic carbocycles. The van der Waals surface area contributed by atoms with Gasteiger partial charge in [-0.25, -0.2) is 0 Å². The zero-order valence-corrected chi connectivity index (χ0v) is 12.3. The van der Waals surface area contributed by atoms with E-state index >= 15 is 0 Å². The predicted molar refractivity (Wildman–Crippen MR) is 79.1 cm³/mol. The number of imide groups is 1. The maximum atomic E-state index is 12.5. The lowest BCUT2D eigenvalue weighted by molar-refractivity contribution is -0.140. The van der Waals surface area contributed by atoms with Crippen molar-refractivity contribution in [3.63, 3.8) is 0 Å². The average molecular weight is 286 g/mol. The number of nitrogens with zero attached hydrogens (tertiary/aromatic N) is 2. The molecule has 1 unspecified atom stereocenters. The summed E-state index contributed by atoms with van der Waals surface area (Å²) in [4.78, 5) is 30.2. The molecule has 0 bridgehead atoms. The lowest BCUT2D eigenvalue weighted by atomic mass is 9.82. The Bertz CT molecular complexity index is 509. The molecule has 1 aliphatic heterocycles. The van der Waals surface area contributed by atoms with Crippen LogP contribution in [-0.2, 0) is 16.1 Å². The number of hydrogen-bond donors (Lipinski definition) is 0. The molecule has 1 aromatic heterocycles. The third-order valence-corrected chi connectivity index (χ3v) is 4.73. The van der Waals surface area contributed by atoms with Gasteiger partial charge >= 0.3 is 0 Å². The Kier molecular flexibility index (Phi) is 4.32. The normalized spacial score (nSPS) is 23.8. The molecule has 3 rings (SSSR count). The van der Waals surface area contributed by atoms with Crippen LogP contribution in [0.1, 0.15) is 50.6 Å². The summed E-state index contributed by atoms with van der Waals surface area (Å²) >= 11 is 0. The van der Waals surface area contributed by atoms with Crippen molar-refractivity contribution in [3.05, 3.63) is 30.1 Å². The van der Waals surface area contributed by atoms with E-state index < -0.39 is 0 Å². The minimum atomic E-state index is -0.0932. The number of carbonyl (C=O) groups excluding carboxylic acids is 2.